The lowest BCUT2D eigenvalue weighted by molar-refractivity contribution is 0.0378. The number of hydrogen-bond donors (Lipinski definition) is 1. The van der Waals surface area contributed by atoms with Gasteiger partial charge in [0.15, 0.2) is 0 Å². The number of nitrogens with one attached hydrogen (secondary N) is 1. The second kappa shape index (κ2) is 7.23. The molecule has 100 valence electrons. The van der Waals surface area contributed by atoms with Gasteiger partial charge in [0.2, 0.25) is 5.28 Å². The fourth-order valence-corrected chi connectivity index (χ4v) is 2.27. The molecule has 0 aliphatic carbocycles. The Balaban J connectivity index is 1.69. The molecule has 1 aliphatic heterocycles. The molecule has 1 N–H and O–H groups in total. The average molecular weight is 336 g/mol. The lowest BCUT2D eigenvalue weighted by Gasteiger charge is -2.26. The van der Waals surface area contributed by atoms with Gasteiger partial charge < -0.3 is 10.1 Å². The Morgan fingerprint density at radius 2 is 2.22 bits per heavy atom. The number of halogens is 2. The zero-order valence-corrected chi connectivity index (χ0v) is 12.4. The Kier molecular flexibility index (Phi) is 5.62. The maximum atomic E-state index is 5.75. The molecule has 1 fully saturated rings. The highest BCUT2D eigenvalue weighted by Gasteiger charge is 2.09. The van der Waals surface area contributed by atoms with E-state index in [2.05, 4.69) is 36.1 Å². The number of rotatable bonds is 5. The number of ether oxygens (including phenoxy) is 1. The Morgan fingerprint density at radius 1 is 1.44 bits per heavy atom. The molecule has 0 bridgehead atoms. The van der Waals surface area contributed by atoms with E-state index in [4.69, 9.17) is 16.3 Å². The Hall–Kier alpha value is -0.430. The van der Waals surface area contributed by atoms with Gasteiger partial charge in [-0.15, -0.1) is 0 Å². The zero-order chi connectivity index (χ0) is 12.8. The van der Waals surface area contributed by atoms with Crippen LogP contribution in [0.3, 0.4) is 0 Å². The first kappa shape index (κ1) is 14.0. The van der Waals surface area contributed by atoms with Gasteiger partial charge in [-0.2, -0.15) is 4.98 Å². The lowest BCUT2D eigenvalue weighted by Crippen LogP contribution is -2.37. The van der Waals surface area contributed by atoms with Crippen LogP contribution in [0.15, 0.2) is 10.7 Å². The van der Waals surface area contributed by atoms with Gasteiger partial charge in [-0.05, 0) is 40.5 Å². The van der Waals surface area contributed by atoms with Gasteiger partial charge in [0.25, 0.3) is 0 Å². The molecule has 2 rings (SSSR count). The number of anilines is 1. The first-order valence-corrected chi connectivity index (χ1v) is 7.15. The molecule has 5 nitrogen and oxygen atoms in total. The first-order valence-electron chi connectivity index (χ1n) is 5.98. The molecule has 0 atom stereocenters. The minimum atomic E-state index is 0.258. The Bertz CT molecular complexity index is 387. The van der Waals surface area contributed by atoms with Gasteiger partial charge in [0.1, 0.15) is 5.82 Å². The Morgan fingerprint density at radius 3 is 3.00 bits per heavy atom. The lowest BCUT2D eigenvalue weighted by atomic mass is 10.3. The summed E-state index contributed by atoms with van der Waals surface area (Å²) in [6.07, 6.45) is 2.72. The molecular formula is C11H16BrClN4O. The maximum Gasteiger partial charge on any atom is 0.224 e. The minimum Gasteiger partial charge on any atom is -0.379 e. The average Bonchev–Trinajstić information content (AvgIpc) is 2.40. The van der Waals surface area contributed by atoms with Crippen molar-refractivity contribution in [2.75, 3.05) is 44.7 Å². The molecule has 2 heterocycles. The van der Waals surface area contributed by atoms with Crippen LogP contribution >= 0.6 is 27.5 Å². The number of nitrogens with zero attached hydrogens (tertiary/aromatic N) is 3. The summed E-state index contributed by atoms with van der Waals surface area (Å²) in [5, 5.41) is 3.51. The van der Waals surface area contributed by atoms with E-state index >= 15 is 0 Å². The predicted molar refractivity (Wildman–Crippen MR) is 75.1 cm³/mol. The monoisotopic (exact) mass is 334 g/mol. The molecule has 0 spiro atoms. The van der Waals surface area contributed by atoms with E-state index in [1.807, 2.05) is 0 Å². The highest BCUT2D eigenvalue weighted by molar-refractivity contribution is 9.10. The normalized spacial score (nSPS) is 16.8. The fraction of sp³-hybridized carbons (Fsp3) is 0.636. The highest BCUT2D eigenvalue weighted by atomic mass is 79.9. The van der Waals surface area contributed by atoms with Gasteiger partial charge in [0.05, 0.1) is 17.7 Å². The molecule has 1 saturated heterocycles. The van der Waals surface area contributed by atoms with E-state index < -0.39 is 0 Å². The fourth-order valence-electron chi connectivity index (χ4n) is 1.80. The van der Waals surface area contributed by atoms with Crippen LogP contribution in [0.1, 0.15) is 6.42 Å². The van der Waals surface area contributed by atoms with Gasteiger partial charge in [-0.1, -0.05) is 0 Å². The number of hydrogen-bond acceptors (Lipinski definition) is 5. The van der Waals surface area contributed by atoms with E-state index in [1.54, 1.807) is 6.20 Å². The third-order valence-corrected chi connectivity index (χ3v) is 3.52. The molecule has 0 radical (unpaired) electrons. The number of morpholine rings is 1. The van der Waals surface area contributed by atoms with Crippen LogP contribution in [0.4, 0.5) is 5.82 Å². The largest absolute Gasteiger partial charge is 0.379 e. The predicted octanol–water partition coefficient (Wildman–Crippen LogP) is 2.03. The van der Waals surface area contributed by atoms with E-state index in [1.165, 1.54) is 0 Å². The van der Waals surface area contributed by atoms with Gasteiger partial charge in [-0.3, -0.25) is 4.90 Å². The molecule has 1 aromatic heterocycles. The zero-order valence-electron chi connectivity index (χ0n) is 10.0. The van der Waals surface area contributed by atoms with E-state index in [-0.39, 0.29) is 5.28 Å². The minimum absolute atomic E-state index is 0.258. The summed E-state index contributed by atoms with van der Waals surface area (Å²) < 4.78 is 6.14. The highest BCUT2D eigenvalue weighted by Crippen LogP contribution is 2.19. The molecule has 0 aromatic carbocycles. The smallest absolute Gasteiger partial charge is 0.224 e. The molecule has 18 heavy (non-hydrogen) atoms. The third kappa shape index (κ3) is 4.35. The standard InChI is InChI=1S/C11H16BrClN4O/c12-9-8-15-11(13)16-10(9)14-2-1-3-17-4-6-18-7-5-17/h8H,1-7H2,(H,14,15,16). The molecular weight excluding hydrogens is 320 g/mol. The van der Waals surface area contributed by atoms with E-state index in [9.17, 15) is 0 Å². The van der Waals surface area contributed by atoms with Crippen molar-refractivity contribution in [1.29, 1.82) is 0 Å². The van der Waals surface area contributed by atoms with Crippen LogP contribution in [0.2, 0.25) is 5.28 Å². The van der Waals surface area contributed by atoms with Gasteiger partial charge in [-0.25, -0.2) is 4.98 Å². The summed E-state index contributed by atoms with van der Waals surface area (Å²) in [5.41, 5.74) is 0. The van der Waals surface area contributed by atoms with E-state index in [0.29, 0.717) is 0 Å². The SMILES string of the molecule is Clc1ncc(Br)c(NCCCN2CCOCC2)n1. The first-order chi connectivity index (χ1) is 8.75. The number of aromatic nitrogens is 2. The summed E-state index contributed by atoms with van der Waals surface area (Å²) in [6, 6.07) is 0. The van der Waals surface area contributed by atoms with Crippen LogP contribution in [0.5, 0.6) is 0 Å². The molecule has 1 aromatic rings. The van der Waals surface area contributed by atoms with Crippen molar-refractivity contribution in [3.63, 3.8) is 0 Å². The second-order valence-electron chi connectivity index (χ2n) is 4.07. The van der Waals surface area contributed by atoms with Crippen molar-refractivity contribution < 1.29 is 4.74 Å². The molecule has 0 amide bonds. The van der Waals surface area contributed by atoms with Crippen LogP contribution < -0.4 is 5.32 Å². The molecule has 7 heteroatoms. The van der Waals surface area contributed by atoms with Gasteiger partial charge in [0, 0.05) is 25.8 Å². The molecule has 0 saturated carbocycles. The van der Waals surface area contributed by atoms with E-state index in [0.717, 1.165) is 56.1 Å². The summed E-state index contributed by atoms with van der Waals surface area (Å²) in [7, 11) is 0. The van der Waals surface area contributed by atoms with Crippen molar-refractivity contribution in [2.45, 2.75) is 6.42 Å². The van der Waals surface area contributed by atoms with Crippen molar-refractivity contribution >= 4 is 33.3 Å². The molecule has 1 aliphatic rings. The molecule has 0 unspecified atom stereocenters. The maximum absolute atomic E-state index is 5.75. The van der Waals surface area contributed by atoms with Crippen LogP contribution in [-0.2, 0) is 4.74 Å². The Labute approximate surface area is 120 Å². The van der Waals surface area contributed by atoms with Crippen LogP contribution in [0.25, 0.3) is 0 Å². The van der Waals surface area contributed by atoms with Gasteiger partial charge >= 0.3 is 0 Å². The second-order valence-corrected chi connectivity index (χ2v) is 5.26. The summed E-state index contributed by atoms with van der Waals surface area (Å²) in [6.45, 7) is 5.70. The van der Waals surface area contributed by atoms with Crippen molar-refractivity contribution in [1.82, 2.24) is 14.9 Å². The van der Waals surface area contributed by atoms with Crippen LogP contribution in [-0.4, -0.2) is 54.3 Å². The van der Waals surface area contributed by atoms with Crippen molar-refractivity contribution in [3.8, 4) is 0 Å². The summed E-state index contributed by atoms with van der Waals surface area (Å²) in [4.78, 5) is 10.4. The third-order valence-electron chi connectivity index (χ3n) is 2.76. The van der Waals surface area contributed by atoms with Crippen molar-refractivity contribution in [2.24, 2.45) is 0 Å². The quantitative estimate of drug-likeness (QED) is 0.659. The van der Waals surface area contributed by atoms with Crippen molar-refractivity contribution in [3.05, 3.63) is 16.0 Å². The van der Waals surface area contributed by atoms with Crippen LogP contribution in [0, 0.1) is 0 Å². The summed E-state index contributed by atoms with van der Waals surface area (Å²) >= 11 is 9.13. The topological polar surface area (TPSA) is 50.3 Å². The summed E-state index contributed by atoms with van der Waals surface area (Å²) in [5.74, 6) is 0.747.